The molecule has 0 spiro atoms. The Morgan fingerprint density at radius 2 is 2.29 bits per heavy atom. The molecular formula is C14H16BrNO4S. The second-order valence-corrected chi connectivity index (χ2v) is 6.70. The zero-order valence-electron chi connectivity index (χ0n) is 11.5. The van der Waals surface area contributed by atoms with Gasteiger partial charge in [0.15, 0.2) is 0 Å². The van der Waals surface area contributed by atoms with Gasteiger partial charge in [0.05, 0.1) is 11.9 Å². The van der Waals surface area contributed by atoms with Crippen molar-refractivity contribution in [1.82, 2.24) is 4.90 Å². The van der Waals surface area contributed by atoms with Crippen LogP contribution in [0.15, 0.2) is 33.6 Å². The van der Waals surface area contributed by atoms with Gasteiger partial charge in [0.2, 0.25) is 5.91 Å². The standard InChI is InChI=1S/C14H16BrNO4S/c1-20-10-6-12(14(18)19)16(7-10)13(17)8-21-11-4-2-3-9(15)5-11/h2-5,10,12H,6-8H2,1H3,(H,18,19). The number of carboxylic acid groups (broad SMARTS) is 1. The minimum absolute atomic E-state index is 0.174. The molecule has 0 radical (unpaired) electrons. The average molecular weight is 374 g/mol. The maximum Gasteiger partial charge on any atom is 0.326 e. The van der Waals surface area contributed by atoms with Crippen LogP contribution in [0.2, 0.25) is 0 Å². The lowest BCUT2D eigenvalue weighted by molar-refractivity contribution is -0.147. The van der Waals surface area contributed by atoms with Gasteiger partial charge in [-0.3, -0.25) is 4.79 Å². The fourth-order valence-corrected chi connectivity index (χ4v) is 3.65. The summed E-state index contributed by atoms with van der Waals surface area (Å²) in [7, 11) is 1.54. The lowest BCUT2D eigenvalue weighted by Crippen LogP contribution is -2.41. The minimum Gasteiger partial charge on any atom is -0.480 e. The molecule has 2 atom stereocenters. The largest absolute Gasteiger partial charge is 0.480 e. The van der Waals surface area contributed by atoms with Crippen LogP contribution in [0.5, 0.6) is 0 Å². The van der Waals surface area contributed by atoms with E-state index in [0.29, 0.717) is 13.0 Å². The summed E-state index contributed by atoms with van der Waals surface area (Å²) in [4.78, 5) is 25.9. The van der Waals surface area contributed by atoms with Gasteiger partial charge in [-0.25, -0.2) is 4.79 Å². The van der Waals surface area contributed by atoms with E-state index in [0.717, 1.165) is 9.37 Å². The Morgan fingerprint density at radius 3 is 2.90 bits per heavy atom. The second-order valence-electron chi connectivity index (χ2n) is 4.74. The molecule has 1 N–H and O–H groups in total. The van der Waals surface area contributed by atoms with E-state index in [1.165, 1.54) is 23.8 Å². The van der Waals surface area contributed by atoms with Crippen molar-refractivity contribution < 1.29 is 19.4 Å². The van der Waals surface area contributed by atoms with Crippen molar-refractivity contribution in [3.05, 3.63) is 28.7 Å². The highest BCUT2D eigenvalue weighted by Crippen LogP contribution is 2.25. The summed E-state index contributed by atoms with van der Waals surface area (Å²) in [6.07, 6.45) is 0.144. The highest BCUT2D eigenvalue weighted by molar-refractivity contribution is 9.10. The van der Waals surface area contributed by atoms with E-state index in [2.05, 4.69) is 15.9 Å². The third-order valence-electron chi connectivity index (χ3n) is 3.36. The normalized spacial score (nSPS) is 21.5. The number of rotatable bonds is 5. The molecule has 1 aromatic carbocycles. The van der Waals surface area contributed by atoms with E-state index in [1.807, 2.05) is 24.3 Å². The molecule has 5 nitrogen and oxygen atoms in total. The predicted molar refractivity (Wildman–Crippen MR) is 83.4 cm³/mol. The Morgan fingerprint density at radius 1 is 1.52 bits per heavy atom. The number of carboxylic acids is 1. The maximum absolute atomic E-state index is 12.3. The number of benzene rings is 1. The van der Waals surface area contributed by atoms with E-state index in [-0.39, 0.29) is 17.8 Å². The third kappa shape index (κ3) is 4.21. The molecule has 7 heteroatoms. The zero-order chi connectivity index (χ0) is 15.4. The summed E-state index contributed by atoms with van der Waals surface area (Å²) in [5.41, 5.74) is 0. The van der Waals surface area contributed by atoms with Crippen molar-refractivity contribution in [2.24, 2.45) is 0 Å². The molecule has 1 aliphatic rings. The molecule has 1 saturated heterocycles. The van der Waals surface area contributed by atoms with Gasteiger partial charge in [-0.1, -0.05) is 22.0 Å². The van der Waals surface area contributed by atoms with Gasteiger partial charge in [-0.05, 0) is 18.2 Å². The molecule has 2 unspecified atom stereocenters. The number of ether oxygens (including phenoxy) is 1. The average Bonchev–Trinajstić information content (AvgIpc) is 2.89. The first kappa shape index (κ1) is 16.3. The number of carbonyl (C=O) groups is 2. The summed E-state index contributed by atoms with van der Waals surface area (Å²) < 4.78 is 6.13. The molecule has 0 bridgehead atoms. The summed E-state index contributed by atoms with van der Waals surface area (Å²) in [5.74, 6) is -0.932. The molecule has 1 heterocycles. The van der Waals surface area contributed by atoms with Gasteiger partial charge in [0.25, 0.3) is 0 Å². The van der Waals surface area contributed by atoms with E-state index in [4.69, 9.17) is 4.74 Å². The van der Waals surface area contributed by atoms with Gasteiger partial charge < -0.3 is 14.7 Å². The van der Waals surface area contributed by atoms with Crippen LogP contribution >= 0.6 is 27.7 Å². The highest BCUT2D eigenvalue weighted by atomic mass is 79.9. The number of likely N-dealkylation sites (tertiary alicyclic amines) is 1. The molecule has 0 aliphatic carbocycles. The number of thioether (sulfide) groups is 1. The van der Waals surface area contributed by atoms with Crippen LogP contribution < -0.4 is 0 Å². The molecule has 1 aliphatic heterocycles. The molecule has 2 rings (SSSR count). The maximum atomic E-state index is 12.3. The number of methoxy groups -OCH3 is 1. The molecule has 21 heavy (non-hydrogen) atoms. The van der Waals surface area contributed by atoms with Crippen LogP contribution in [0.4, 0.5) is 0 Å². The van der Waals surface area contributed by atoms with Gasteiger partial charge in [0.1, 0.15) is 6.04 Å². The van der Waals surface area contributed by atoms with Crippen molar-refractivity contribution in [3.63, 3.8) is 0 Å². The molecule has 1 amide bonds. The van der Waals surface area contributed by atoms with Gasteiger partial charge in [-0.2, -0.15) is 0 Å². The van der Waals surface area contributed by atoms with Crippen LogP contribution in [0.25, 0.3) is 0 Å². The van der Waals surface area contributed by atoms with E-state index >= 15 is 0 Å². The first-order valence-electron chi connectivity index (χ1n) is 6.44. The summed E-state index contributed by atoms with van der Waals surface area (Å²) in [6.45, 7) is 0.339. The summed E-state index contributed by atoms with van der Waals surface area (Å²) >= 11 is 4.78. The van der Waals surface area contributed by atoms with Crippen LogP contribution in [0.1, 0.15) is 6.42 Å². The number of carbonyl (C=O) groups excluding carboxylic acids is 1. The summed E-state index contributed by atoms with van der Waals surface area (Å²) in [6, 6.07) is 6.86. The van der Waals surface area contributed by atoms with Crippen molar-refractivity contribution in [1.29, 1.82) is 0 Å². The monoisotopic (exact) mass is 373 g/mol. The van der Waals surface area contributed by atoms with Crippen LogP contribution in [-0.4, -0.2) is 53.4 Å². The predicted octanol–water partition coefficient (Wildman–Crippen LogP) is 2.24. The smallest absolute Gasteiger partial charge is 0.326 e. The number of nitrogens with zero attached hydrogens (tertiary/aromatic N) is 1. The number of aliphatic carboxylic acids is 1. The second kappa shape index (κ2) is 7.29. The number of hydrogen-bond donors (Lipinski definition) is 1. The third-order valence-corrected chi connectivity index (χ3v) is 4.83. The Bertz CT molecular complexity index is 539. The topological polar surface area (TPSA) is 66.8 Å². The fraction of sp³-hybridized carbons (Fsp3) is 0.429. The van der Waals surface area contributed by atoms with Crippen LogP contribution in [0, 0.1) is 0 Å². The highest BCUT2D eigenvalue weighted by Gasteiger charge is 2.39. The summed E-state index contributed by atoms with van der Waals surface area (Å²) in [5, 5.41) is 9.21. The lowest BCUT2D eigenvalue weighted by Gasteiger charge is -2.21. The minimum atomic E-state index is -0.977. The number of amides is 1. The molecule has 114 valence electrons. The number of halogens is 1. The van der Waals surface area contributed by atoms with Crippen molar-refractivity contribution in [2.75, 3.05) is 19.4 Å². The molecule has 0 aromatic heterocycles. The fourth-order valence-electron chi connectivity index (χ4n) is 2.26. The Labute approximate surface area is 135 Å². The van der Waals surface area contributed by atoms with Crippen molar-refractivity contribution in [3.8, 4) is 0 Å². The van der Waals surface area contributed by atoms with Gasteiger partial charge in [-0.15, -0.1) is 11.8 Å². The zero-order valence-corrected chi connectivity index (χ0v) is 13.9. The first-order valence-corrected chi connectivity index (χ1v) is 8.22. The van der Waals surface area contributed by atoms with E-state index in [1.54, 1.807) is 0 Å². The molecule has 0 saturated carbocycles. The molecule has 1 aromatic rings. The van der Waals surface area contributed by atoms with E-state index in [9.17, 15) is 14.7 Å². The Kier molecular flexibility index (Phi) is 5.66. The van der Waals surface area contributed by atoms with Crippen molar-refractivity contribution >= 4 is 39.6 Å². The SMILES string of the molecule is COC1CC(C(=O)O)N(C(=O)CSc2cccc(Br)c2)C1. The van der Waals surface area contributed by atoms with Gasteiger partial charge in [0, 0.05) is 29.4 Å². The number of hydrogen-bond acceptors (Lipinski definition) is 4. The lowest BCUT2D eigenvalue weighted by atomic mass is 10.2. The van der Waals surface area contributed by atoms with Gasteiger partial charge >= 0.3 is 5.97 Å². The molecular weight excluding hydrogens is 358 g/mol. The van der Waals surface area contributed by atoms with Crippen LogP contribution in [-0.2, 0) is 14.3 Å². The Hall–Kier alpha value is -1.05. The molecule has 1 fully saturated rings. The van der Waals surface area contributed by atoms with Crippen LogP contribution in [0.3, 0.4) is 0 Å². The van der Waals surface area contributed by atoms with E-state index < -0.39 is 12.0 Å². The quantitative estimate of drug-likeness (QED) is 0.801. The first-order chi connectivity index (χ1) is 10.0. The Balaban J connectivity index is 1.97. The van der Waals surface area contributed by atoms with Crippen molar-refractivity contribution in [2.45, 2.75) is 23.5 Å².